The molecule has 2 aliphatic rings. The average molecular weight is 322 g/mol. The highest BCUT2D eigenvalue weighted by Gasteiger charge is 2.41. The lowest BCUT2D eigenvalue weighted by Crippen LogP contribution is -2.29. The Hall–Kier alpha value is -2.82. The van der Waals surface area contributed by atoms with E-state index < -0.39 is 0 Å². The number of ether oxygens (including phenoxy) is 1. The molecule has 1 aliphatic carbocycles. The second-order valence-corrected chi connectivity index (χ2v) is 6.22. The number of anilines is 1. The summed E-state index contributed by atoms with van der Waals surface area (Å²) in [5.74, 6) is 1.33. The minimum absolute atomic E-state index is 0.0188. The topological polar surface area (TPSA) is 64.4 Å². The van der Waals surface area contributed by atoms with Gasteiger partial charge in [0.05, 0.1) is 18.1 Å². The van der Waals surface area contributed by atoms with Gasteiger partial charge in [0.25, 0.3) is 5.69 Å². The molecular weight excluding hydrogens is 304 g/mol. The molecule has 1 aliphatic heterocycles. The van der Waals surface area contributed by atoms with Crippen molar-refractivity contribution in [1.82, 2.24) is 0 Å². The molecule has 0 spiro atoms. The molecule has 1 N–H and O–H groups in total. The molecule has 4 rings (SSSR count). The molecule has 0 fully saturated rings. The molecule has 3 atom stereocenters. The molecule has 2 aromatic rings. The number of allylic oxidation sites excluding steroid dienone is 2. The molecule has 122 valence electrons. The molecule has 0 amide bonds. The van der Waals surface area contributed by atoms with Gasteiger partial charge in [-0.15, -0.1) is 0 Å². The minimum Gasteiger partial charge on any atom is -0.496 e. The van der Waals surface area contributed by atoms with Gasteiger partial charge in [-0.3, -0.25) is 10.1 Å². The van der Waals surface area contributed by atoms with E-state index in [4.69, 9.17) is 4.74 Å². The first-order chi connectivity index (χ1) is 11.7. The number of para-hydroxylation sites is 2. The van der Waals surface area contributed by atoms with Crippen molar-refractivity contribution >= 4 is 11.4 Å². The van der Waals surface area contributed by atoms with Crippen LogP contribution in [0.1, 0.15) is 29.5 Å². The predicted octanol–water partition coefficient (Wildman–Crippen LogP) is 4.43. The van der Waals surface area contributed by atoms with Crippen molar-refractivity contribution in [3.63, 3.8) is 0 Å². The van der Waals surface area contributed by atoms with Crippen LogP contribution in [-0.2, 0) is 0 Å². The SMILES string of the molecule is COc1ccccc1C1Nc2c(cccc2[N+](=O)[O-])C2C=CCC21. The van der Waals surface area contributed by atoms with Gasteiger partial charge in [0, 0.05) is 17.5 Å². The van der Waals surface area contributed by atoms with Gasteiger partial charge in [0.2, 0.25) is 0 Å². The van der Waals surface area contributed by atoms with E-state index in [1.165, 1.54) is 0 Å². The Morgan fingerprint density at radius 1 is 1.17 bits per heavy atom. The van der Waals surface area contributed by atoms with Gasteiger partial charge in [0.15, 0.2) is 0 Å². The summed E-state index contributed by atoms with van der Waals surface area (Å²) in [7, 11) is 1.66. The number of hydrogen-bond donors (Lipinski definition) is 1. The molecule has 3 unspecified atom stereocenters. The summed E-state index contributed by atoms with van der Waals surface area (Å²) in [4.78, 5) is 11.1. The van der Waals surface area contributed by atoms with Crippen LogP contribution in [0.3, 0.4) is 0 Å². The van der Waals surface area contributed by atoms with E-state index in [0.29, 0.717) is 11.6 Å². The summed E-state index contributed by atoms with van der Waals surface area (Å²) < 4.78 is 5.52. The highest BCUT2D eigenvalue weighted by atomic mass is 16.6. The van der Waals surface area contributed by atoms with Crippen LogP contribution in [0.4, 0.5) is 11.4 Å². The third-order valence-corrected chi connectivity index (χ3v) is 5.05. The van der Waals surface area contributed by atoms with Crippen LogP contribution >= 0.6 is 0 Å². The summed E-state index contributed by atoms with van der Waals surface area (Å²) in [5.41, 5.74) is 2.81. The Kier molecular flexibility index (Phi) is 3.49. The first-order valence-electron chi connectivity index (χ1n) is 8.04. The summed E-state index contributed by atoms with van der Waals surface area (Å²) in [5, 5.41) is 14.9. The van der Waals surface area contributed by atoms with Gasteiger partial charge in [-0.25, -0.2) is 0 Å². The number of nitro groups is 1. The number of benzene rings is 2. The van der Waals surface area contributed by atoms with Crippen LogP contribution < -0.4 is 10.1 Å². The third kappa shape index (κ3) is 2.16. The van der Waals surface area contributed by atoms with Gasteiger partial charge < -0.3 is 10.1 Å². The Morgan fingerprint density at radius 2 is 1.96 bits per heavy atom. The largest absolute Gasteiger partial charge is 0.496 e. The van der Waals surface area contributed by atoms with Gasteiger partial charge in [0.1, 0.15) is 11.4 Å². The van der Waals surface area contributed by atoms with Gasteiger partial charge in [-0.1, -0.05) is 42.5 Å². The fourth-order valence-electron chi connectivity index (χ4n) is 3.99. The van der Waals surface area contributed by atoms with Gasteiger partial charge in [-0.05, 0) is 24.0 Å². The van der Waals surface area contributed by atoms with Crippen molar-refractivity contribution in [3.05, 3.63) is 75.9 Å². The van der Waals surface area contributed by atoms with Crippen molar-refractivity contribution in [2.75, 3.05) is 12.4 Å². The predicted molar refractivity (Wildman–Crippen MR) is 92.4 cm³/mol. The van der Waals surface area contributed by atoms with Crippen molar-refractivity contribution in [2.45, 2.75) is 18.4 Å². The quantitative estimate of drug-likeness (QED) is 0.516. The van der Waals surface area contributed by atoms with Crippen LogP contribution in [0, 0.1) is 16.0 Å². The molecule has 0 saturated carbocycles. The minimum atomic E-state index is -0.315. The number of fused-ring (bicyclic) bond motifs is 3. The number of nitrogens with one attached hydrogen (secondary N) is 1. The lowest BCUT2D eigenvalue weighted by Gasteiger charge is -2.37. The number of hydrogen-bond acceptors (Lipinski definition) is 4. The highest BCUT2D eigenvalue weighted by Crippen LogP contribution is 2.53. The maximum atomic E-state index is 11.5. The molecule has 0 bridgehead atoms. The van der Waals surface area contributed by atoms with Gasteiger partial charge >= 0.3 is 0 Å². The molecule has 5 heteroatoms. The van der Waals surface area contributed by atoms with E-state index in [1.54, 1.807) is 19.2 Å². The zero-order valence-electron chi connectivity index (χ0n) is 13.3. The van der Waals surface area contributed by atoms with Crippen molar-refractivity contribution in [2.24, 2.45) is 5.92 Å². The van der Waals surface area contributed by atoms with Crippen LogP contribution in [0.2, 0.25) is 0 Å². The van der Waals surface area contributed by atoms with E-state index >= 15 is 0 Å². The van der Waals surface area contributed by atoms with Crippen LogP contribution in [0.5, 0.6) is 5.75 Å². The van der Waals surface area contributed by atoms with Crippen LogP contribution in [0.25, 0.3) is 0 Å². The Labute approximate surface area is 140 Å². The Bertz CT molecular complexity index is 831. The highest BCUT2D eigenvalue weighted by molar-refractivity contribution is 5.71. The number of methoxy groups -OCH3 is 1. The summed E-state index contributed by atoms with van der Waals surface area (Å²) in [6.45, 7) is 0. The summed E-state index contributed by atoms with van der Waals surface area (Å²) >= 11 is 0. The maximum Gasteiger partial charge on any atom is 0.292 e. The monoisotopic (exact) mass is 322 g/mol. The summed E-state index contributed by atoms with van der Waals surface area (Å²) in [6.07, 6.45) is 5.30. The lowest BCUT2D eigenvalue weighted by molar-refractivity contribution is -0.384. The average Bonchev–Trinajstić information content (AvgIpc) is 3.10. The van der Waals surface area contributed by atoms with E-state index in [0.717, 1.165) is 23.3 Å². The molecule has 24 heavy (non-hydrogen) atoms. The zero-order valence-corrected chi connectivity index (χ0v) is 13.3. The van der Waals surface area contributed by atoms with E-state index in [9.17, 15) is 10.1 Å². The lowest BCUT2D eigenvalue weighted by atomic mass is 9.76. The van der Waals surface area contributed by atoms with Crippen LogP contribution in [-0.4, -0.2) is 12.0 Å². The van der Waals surface area contributed by atoms with Crippen molar-refractivity contribution in [3.8, 4) is 5.75 Å². The molecule has 1 heterocycles. The standard InChI is InChI=1S/C19H18N2O3/c1-24-17-11-3-2-6-15(17)18-13-8-4-7-12(13)14-9-5-10-16(21(22)23)19(14)20-18/h2-7,9-13,18,20H,8H2,1H3. The smallest absolute Gasteiger partial charge is 0.292 e. The zero-order chi connectivity index (χ0) is 16.7. The summed E-state index contributed by atoms with van der Waals surface area (Å²) in [6, 6.07) is 13.2. The second-order valence-electron chi connectivity index (χ2n) is 6.22. The fraction of sp³-hybridized carbons (Fsp3) is 0.263. The van der Waals surface area contributed by atoms with E-state index in [2.05, 4.69) is 17.5 Å². The molecule has 0 saturated heterocycles. The Morgan fingerprint density at radius 3 is 2.75 bits per heavy atom. The van der Waals surface area contributed by atoms with Crippen molar-refractivity contribution in [1.29, 1.82) is 0 Å². The fourth-order valence-corrected chi connectivity index (χ4v) is 3.99. The number of nitro benzene ring substituents is 1. The Balaban J connectivity index is 1.86. The van der Waals surface area contributed by atoms with Gasteiger partial charge in [-0.2, -0.15) is 0 Å². The molecule has 0 radical (unpaired) electrons. The molecule has 0 aromatic heterocycles. The number of rotatable bonds is 3. The first-order valence-corrected chi connectivity index (χ1v) is 8.04. The molecule has 2 aromatic carbocycles. The van der Waals surface area contributed by atoms with Crippen molar-refractivity contribution < 1.29 is 9.66 Å². The van der Waals surface area contributed by atoms with E-state index in [-0.39, 0.29) is 22.6 Å². The second kappa shape index (κ2) is 5.67. The normalized spacial score (nSPS) is 24.0. The number of nitrogens with zero attached hydrogens (tertiary/aromatic N) is 1. The third-order valence-electron chi connectivity index (χ3n) is 5.05. The maximum absolute atomic E-state index is 11.5. The van der Waals surface area contributed by atoms with E-state index in [1.807, 2.05) is 30.3 Å². The molecule has 5 nitrogen and oxygen atoms in total. The van der Waals surface area contributed by atoms with Crippen LogP contribution in [0.15, 0.2) is 54.6 Å². The first kappa shape index (κ1) is 14.8. The molecular formula is C19H18N2O3.